The zero-order valence-corrected chi connectivity index (χ0v) is 9.90. The van der Waals surface area contributed by atoms with Crippen molar-refractivity contribution in [3.05, 3.63) is 36.2 Å². The lowest BCUT2D eigenvalue weighted by atomic mass is 10.2. The summed E-state index contributed by atoms with van der Waals surface area (Å²) in [7, 11) is 0. The normalized spacial score (nSPS) is 10.9. The molecule has 0 fully saturated rings. The number of nitrogens with one attached hydrogen (secondary N) is 2. The molecule has 0 aliphatic rings. The highest BCUT2D eigenvalue weighted by atomic mass is 16.4. The van der Waals surface area contributed by atoms with Crippen LogP contribution in [-0.2, 0) is 6.54 Å². The van der Waals surface area contributed by atoms with Crippen LogP contribution in [0.5, 0.6) is 0 Å². The fourth-order valence-electron chi connectivity index (χ4n) is 1.82. The summed E-state index contributed by atoms with van der Waals surface area (Å²) in [6.45, 7) is 2.36. The van der Waals surface area contributed by atoms with Crippen LogP contribution in [0, 0.1) is 6.92 Å². The Hall–Kier alpha value is -2.50. The lowest BCUT2D eigenvalue weighted by molar-refractivity contribution is 0.479. The Morgan fingerprint density at radius 2 is 2.28 bits per heavy atom. The van der Waals surface area contributed by atoms with E-state index in [1.807, 2.05) is 19.1 Å². The van der Waals surface area contributed by atoms with Crippen LogP contribution in [0.4, 0.5) is 11.4 Å². The minimum Gasteiger partial charge on any atom is -0.444 e. The molecule has 0 radical (unpaired) electrons. The molecule has 92 valence electrons. The first-order chi connectivity index (χ1) is 8.72. The van der Waals surface area contributed by atoms with Gasteiger partial charge >= 0.3 is 0 Å². The lowest BCUT2D eigenvalue weighted by Crippen LogP contribution is -2.02. The standard InChI is InChI=1S/C12H13N5O/c1-7-4-15-12(18-7)6-14-11-3-10-8(2-9(11)13)5-16-17-10/h2-5,14H,6,13H2,1H3,(H,16,17). The molecule has 6 heteroatoms. The lowest BCUT2D eigenvalue weighted by Gasteiger charge is -2.07. The van der Waals surface area contributed by atoms with E-state index in [4.69, 9.17) is 10.2 Å². The highest BCUT2D eigenvalue weighted by Gasteiger charge is 2.05. The van der Waals surface area contributed by atoms with Gasteiger partial charge in [-0.05, 0) is 19.1 Å². The fourth-order valence-corrected chi connectivity index (χ4v) is 1.82. The summed E-state index contributed by atoms with van der Waals surface area (Å²) in [4.78, 5) is 4.12. The zero-order valence-electron chi connectivity index (χ0n) is 9.90. The van der Waals surface area contributed by atoms with E-state index in [1.165, 1.54) is 0 Å². The molecule has 0 aliphatic carbocycles. The molecular weight excluding hydrogens is 230 g/mol. The van der Waals surface area contributed by atoms with E-state index < -0.39 is 0 Å². The third kappa shape index (κ3) is 1.88. The maximum Gasteiger partial charge on any atom is 0.213 e. The van der Waals surface area contributed by atoms with Gasteiger partial charge in [-0.1, -0.05) is 0 Å². The number of oxazole rings is 1. The largest absolute Gasteiger partial charge is 0.444 e. The van der Waals surface area contributed by atoms with Gasteiger partial charge in [0.05, 0.1) is 35.8 Å². The number of anilines is 2. The molecule has 1 aromatic carbocycles. The Labute approximate surface area is 103 Å². The van der Waals surface area contributed by atoms with Gasteiger partial charge in [-0.2, -0.15) is 5.10 Å². The van der Waals surface area contributed by atoms with E-state index in [0.29, 0.717) is 18.1 Å². The molecule has 0 spiro atoms. The van der Waals surface area contributed by atoms with Gasteiger partial charge in [-0.25, -0.2) is 4.98 Å². The number of hydrogen-bond acceptors (Lipinski definition) is 5. The number of aryl methyl sites for hydroxylation is 1. The van der Waals surface area contributed by atoms with Gasteiger partial charge in [0.15, 0.2) is 0 Å². The van der Waals surface area contributed by atoms with Crippen molar-refractivity contribution >= 4 is 22.3 Å². The minimum absolute atomic E-state index is 0.498. The molecule has 3 rings (SSSR count). The number of rotatable bonds is 3. The van der Waals surface area contributed by atoms with Crippen LogP contribution in [0.25, 0.3) is 10.9 Å². The van der Waals surface area contributed by atoms with E-state index in [1.54, 1.807) is 12.4 Å². The number of H-pyrrole nitrogens is 1. The molecule has 0 saturated carbocycles. The quantitative estimate of drug-likeness (QED) is 0.612. The summed E-state index contributed by atoms with van der Waals surface area (Å²) in [6, 6.07) is 3.80. The van der Waals surface area contributed by atoms with Crippen molar-refractivity contribution in [3.63, 3.8) is 0 Å². The Balaban J connectivity index is 1.83. The van der Waals surface area contributed by atoms with Gasteiger partial charge < -0.3 is 15.5 Å². The predicted molar refractivity (Wildman–Crippen MR) is 69.1 cm³/mol. The SMILES string of the molecule is Cc1cnc(CNc2cc3[nH]ncc3cc2N)o1. The van der Waals surface area contributed by atoms with Gasteiger partial charge in [0.2, 0.25) is 5.89 Å². The molecule has 0 unspecified atom stereocenters. The summed E-state index contributed by atoms with van der Waals surface area (Å²) in [6.07, 6.45) is 3.44. The first kappa shape index (κ1) is 10.6. The van der Waals surface area contributed by atoms with Gasteiger partial charge in [0.25, 0.3) is 0 Å². The van der Waals surface area contributed by atoms with Crippen molar-refractivity contribution in [2.75, 3.05) is 11.1 Å². The second-order valence-electron chi connectivity index (χ2n) is 4.11. The van der Waals surface area contributed by atoms with Crippen molar-refractivity contribution < 1.29 is 4.42 Å². The predicted octanol–water partition coefficient (Wildman–Crippen LogP) is 2.05. The van der Waals surface area contributed by atoms with Gasteiger partial charge in [0, 0.05) is 5.39 Å². The van der Waals surface area contributed by atoms with Crippen LogP contribution in [0.3, 0.4) is 0 Å². The fraction of sp³-hybridized carbons (Fsp3) is 0.167. The summed E-state index contributed by atoms with van der Waals surface area (Å²) in [5, 5.41) is 11.1. The molecule has 2 heterocycles. The molecule has 0 saturated heterocycles. The number of nitrogens with two attached hydrogens (primary N) is 1. The number of nitrogens with zero attached hydrogens (tertiary/aromatic N) is 2. The maximum absolute atomic E-state index is 5.96. The number of nitrogen functional groups attached to an aromatic ring is 1. The number of aromatic amines is 1. The van der Waals surface area contributed by atoms with Crippen molar-refractivity contribution in [1.29, 1.82) is 0 Å². The molecular formula is C12H13N5O. The number of hydrogen-bond donors (Lipinski definition) is 3. The van der Waals surface area contributed by atoms with Crippen LogP contribution >= 0.6 is 0 Å². The second kappa shape index (κ2) is 4.06. The Morgan fingerprint density at radius 1 is 1.39 bits per heavy atom. The van der Waals surface area contributed by atoms with Gasteiger partial charge in [0.1, 0.15) is 5.76 Å². The Bertz CT molecular complexity index is 685. The van der Waals surface area contributed by atoms with Gasteiger partial charge in [-0.15, -0.1) is 0 Å². The first-order valence-corrected chi connectivity index (χ1v) is 5.60. The smallest absolute Gasteiger partial charge is 0.213 e. The summed E-state index contributed by atoms with van der Waals surface area (Å²) < 4.78 is 5.38. The van der Waals surface area contributed by atoms with E-state index in [2.05, 4.69) is 20.5 Å². The van der Waals surface area contributed by atoms with E-state index in [-0.39, 0.29) is 0 Å². The summed E-state index contributed by atoms with van der Waals surface area (Å²) in [5.41, 5.74) is 8.41. The zero-order chi connectivity index (χ0) is 12.5. The molecule has 18 heavy (non-hydrogen) atoms. The summed E-state index contributed by atoms with van der Waals surface area (Å²) >= 11 is 0. The second-order valence-corrected chi connectivity index (χ2v) is 4.11. The third-order valence-corrected chi connectivity index (χ3v) is 2.71. The van der Waals surface area contributed by atoms with Crippen LogP contribution < -0.4 is 11.1 Å². The number of benzene rings is 1. The van der Waals surface area contributed by atoms with Crippen molar-refractivity contribution in [2.45, 2.75) is 13.5 Å². The van der Waals surface area contributed by atoms with Crippen LogP contribution in [0.1, 0.15) is 11.7 Å². The van der Waals surface area contributed by atoms with Crippen LogP contribution in [0.2, 0.25) is 0 Å². The molecule has 0 atom stereocenters. The molecule has 0 bridgehead atoms. The topological polar surface area (TPSA) is 92.8 Å². The molecule has 2 aromatic heterocycles. The highest BCUT2D eigenvalue weighted by Crippen LogP contribution is 2.25. The van der Waals surface area contributed by atoms with Gasteiger partial charge in [-0.3, -0.25) is 5.10 Å². The average molecular weight is 243 g/mol. The molecule has 3 aromatic rings. The summed E-state index contributed by atoms with van der Waals surface area (Å²) in [5.74, 6) is 1.43. The molecule has 6 nitrogen and oxygen atoms in total. The number of fused-ring (bicyclic) bond motifs is 1. The minimum atomic E-state index is 0.498. The Kier molecular flexibility index (Phi) is 2.40. The third-order valence-electron chi connectivity index (χ3n) is 2.71. The van der Waals surface area contributed by atoms with Crippen molar-refractivity contribution in [2.24, 2.45) is 0 Å². The Morgan fingerprint density at radius 3 is 3.06 bits per heavy atom. The van der Waals surface area contributed by atoms with E-state index in [9.17, 15) is 0 Å². The average Bonchev–Trinajstić information content (AvgIpc) is 2.94. The highest BCUT2D eigenvalue weighted by molar-refractivity contribution is 5.88. The van der Waals surface area contributed by atoms with Crippen molar-refractivity contribution in [3.8, 4) is 0 Å². The monoisotopic (exact) mass is 243 g/mol. The molecule has 0 amide bonds. The van der Waals surface area contributed by atoms with E-state index >= 15 is 0 Å². The first-order valence-electron chi connectivity index (χ1n) is 5.60. The maximum atomic E-state index is 5.96. The van der Waals surface area contributed by atoms with Crippen LogP contribution in [0.15, 0.2) is 28.9 Å². The van der Waals surface area contributed by atoms with E-state index in [0.717, 1.165) is 22.4 Å². The molecule has 4 N–H and O–H groups in total. The van der Waals surface area contributed by atoms with Crippen LogP contribution in [-0.4, -0.2) is 15.2 Å². The number of aromatic nitrogens is 3. The molecule has 0 aliphatic heterocycles. The van der Waals surface area contributed by atoms with Crippen molar-refractivity contribution in [1.82, 2.24) is 15.2 Å².